The minimum absolute atomic E-state index is 0.272. The van der Waals surface area contributed by atoms with E-state index in [9.17, 15) is 4.79 Å². The molecule has 0 aromatic carbocycles. The van der Waals surface area contributed by atoms with Crippen molar-refractivity contribution in [3.05, 3.63) is 17.0 Å². The number of piperazine rings is 1. The molecule has 0 unspecified atom stereocenters. The van der Waals surface area contributed by atoms with Crippen molar-refractivity contribution in [2.24, 2.45) is 0 Å². The van der Waals surface area contributed by atoms with Crippen LogP contribution in [0.2, 0.25) is 0 Å². The van der Waals surface area contributed by atoms with Gasteiger partial charge in [-0.05, 0) is 45.2 Å². The average molecular weight is 343 g/mol. The number of hydrogen-bond donors (Lipinski definition) is 0. The van der Waals surface area contributed by atoms with E-state index in [1.54, 1.807) is 0 Å². The Balaban J connectivity index is 1.56. The molecule has 136 valence electrons. The highest BCUT2D eigenvalue weighted by Crippen LogP contribution is 2.22. The lowest BCUT2D eigenvalue weighted by molar-refractivity contribution is -0.134. The van der Waals surface area contributed by atoms with Crippen molar-refractivity contribution in [2.75, 3.05) is 26.2 Å². The van der Waals surface area contributed by atoms with Gasteiger partial charge in [-0.2, -0.15) is 10.4 Å². The zero-order chi connectivity index (χ0) is 17.8. The maximum atomic E-state index is 12.7. The van der Waals surface area contributed by atoms with Gasteiger partial charge in [0.2, 0.25) is 5.91 Å². The summed E-state index contributed by atoms with van der Waals surface area (Å²) < 4.78 is 1.90. The van der Waals surface area contributed by atoms with Gasteiger partial charge in [-0.3, -0.25) is 14.4 Å². The zero-order valence-corrected chi connectivity index (χ0v) is 15.5. The fourth-order valence-corrected chi connectivity index (χ4v) is 4.24. The third-order valence-electron chi connectivity index (χ3n) is 5.75. The van der Waals surface area contributed by atoms with E-state index < -0.39 is 0 Å². The number of hydrogen-bond acceptors (Lipinski definition) is 4. The second kappa shape index (κ2) is 8.01. The number of nitriles is 1. The predicted molar refractivity (Wildman–Crippen MR) is 96.0 cm³/mol. The number of aromatic nitrogens is 2. The Kier molecular flexibility index (Phi) is 5.74. The van der Waals surface area contributed by atoms with Gasteiger partial charge in [0, 0.05) is 37.8 Å². The van der Waals surface area contributed by atoms with Gasteiger partial charge in [-0.25, -0.2) is 0 Å². The van der Waals surface area contributed by atoms with Crippen LogP contribution in [-0.4, -0.2) is 57.7 Å². The molecule has 2 aliphatic heterocycles. The number of amides is 1. The zero-order valence-electron chi connectivity index (χ0n) is 15.5. The molecule has 1 aromatic rings. The van der Waals surface area contributed by atoms with Crippen molar-refractivity contribution in [2.45, 2.75) is 65.0 Å². The molecule has 0 saturated carbocycles. The second-order valence-corrected chi connectivity index (χ2v) is 7.31. The van der Waals surface area contributed by atoms with Crippen LogP contribution < -0.4 is 0 Å². The van der Waals surface area contributed by atoms with Gasteiger partial charge in [0.1, 0.15) is 0 Å². The largest absolute Gasteiger partial charge is 0.340 e. The van der Waals surface area contributed by atoms with Crippen molar-refractivity contribution < 1.29 is 4.79 Å². The van der Waals surface area contributed by atoms with Gasteiger partial charge in [0.25, 0.3) is 0 Å². The highest BCUT2D eigenvalue weighted by Gasteiger charge is 2.30. The van der Waals surface area contributed by atoms with Gasteiger partial charge < -0.3 is 4.90 Å². The van der Waals surface area contributed by atoms with Crippen molar-refractivity contribution in [3.63, 3.8) is 0 Å². The Morgan fingerprint density at radius 3 is 2.92 bits per heavy atom. The monoisotopic (exact) mass is 343 g/mol. The highest BCUT2D eigenvalue weighted by atomic mass is 16.2. The Morgan fingerprint density at radius 1 is 1.28 bits per heavy atom. The Hall–Kier alpha value is -1.87. The molecule has 1 atom stereocenters. The van der Waals surface area contributed by atoms with Crippen molar-refractivity contribution in [1.29, 1.82) is 5.26 Å². The van der Waals surface area contributed by atoms with Crippen LogP contribution in [0.15, 0.2) is 0 Å². The predicted octanol–water partition coefficient (Wildman–Crippen LogP) is 2.04. The van der Waals surface area contributed by atoms with E-state index in [4.69, 9.17) is 5.26 Å². The van der Waals surface area contributed by atoms with Crippen molar-refractivity contribution in [3.8, 4) is 6.07 Å². The van der Waals surface area contributed by atoms with E-state index in [0.717, 1.165) is 37.4 Å². The molecule has 6 heteroatoms. The lowest BCUT2D eigenvalue weighted by atomic mass is 9.99. The molecule has 6 nitrogen and oxygen atoms in total. The van der Waals surface area contributed by atoms with E-state index in [1.165, 1.54) is 31.4 Å². The first-order valence-corrected chi connectivity index (χ1v) is 9.52. The Bertz CT molecular complexity index is 660. The Morgan fingerprint density at radius 2 is 2.12 bits per heavy atom. The molecule has 2 aliphatic rings. The summed E-state index contributed by atoms with van der Waals surface area (Å²) in [7, 11) is 0. The fraction of sp³-hybridized carbons (Fsp3) is 0.737. The summed E-state index contributed by atoms with van der Waals surface area (Å²) in [5, 5.41) is 13.3. The summed E-state index contributed by atoms with van der Waals surface area (Å²) in [5.41, 5.74) is 3.25. The molecule has 25 heavy (non-hydrogen) atoms. The standard InChI is InChI=1S/C19H29N5O/c1-15-18(16(2)24(21-15)11-5-9-20)7-8-19(25)23-13-12-22-10-4-3-6-17(22)14-23/h17H,3-8,10-14H2,1-2H3/t17-/m1/s1. The quantitative estimate of drug-likeness (QED) is 0.821. The molecule has 0 spiro atoms. The first-order valence-electron chi connectivity index (χ1n) is 9.52. The number of carbonyl (C=O) groups excluding carboxylic acids is 1. The van der Waals surface area contributed by atoms with Crippen molar-refractivity contribution >= 4 is 5.91 Å². The third kappa shape index (κ3) is 4.04. The fourth-order valence-electron chi connectivity index (χ4n) is 4.24. The second-order valence-electron chi connectivity index (χ2n) is 7.31. The molecular formula is C19H29N5O. The first-order chi connectivity index (χ1) is 12.1. The minimum Gasteiger partial charge on any atom is -0.340 e. The van der Waals surface area contributed by atoms with Gasteiger partial charge in [0.05, 0.1) is 24.7 Å². The van der Waals surface area contributed by atoms with Crippen LogP contribution in [0.5, 0.6) is 0 Å². The van der Waals surface area contributed by atoms with E-state index in [-0.39, 0.29) is 5.91 Å². The van der Waals surface area contributed by atoms with Crippen LogP contribution in [0.1, 0.15) is 49.1 Å². The van der Waals surface area contributed by atoms with Gasteiger partial charge in [-0.1, -0.05) is 6.42 Å². The van der Waals surface area contributed by atoms with Crippen molar-refractivity contribution in [1.82, 2.24) is 19.6 Å². The molecule has 0 aliphatic carbocycles. The highest BCUT2D eigenvalue weighted by molar-refractivity contribution is 5.76. The first kappa shape index (κ1) is 17.9. The Labute approximate surface area is 150 Å². The number of fused-ring (bicyclic) bond motifs is 1. The lowest BCUT2D eigenvalue weighted by Gasteiger charge is -2.44. The lowest BCUT2D eigenvalue weighted by Crippen LogP contribution is -2.56. The SMILES string of the molecule is Cc1nn(CCC#N)c(C)c1CCC(=O)N1CCN2CCCC[C@@H]2C1. The molecule has 0 bridgehead atoms. The summed E-state index contributed by atoms with van der Waals surface area (Å²) in [6, 6.07) is 2.74. The third-order valence-corrected chi connectivity index (χ3v) is 5.75. The van der Waals surface area contributed by atoms with Gasteiger partial charge in [0.15, 0.2) is 0 Å². The van der Waals surface area contributed by atoms with Gasteiger partial charge in [-0.15, -0.1) is 0 Å². The van der Waals surface area contributed by atoms with Crippen LogP contribution in [0.4, 0.5) is 0 Å². The molecule has 3 rings (SSSR count). The topological polar surface area (TPSA) is 65.2 Å². The van der Waals surface area contributed by atoms with E-state index in [2.05, 4.69) is 21.0 Å². The van der Waals surface area contributed by atoms with E-state index >= 15 is 0 Å². The number of rotatable bonds is 5. The summed E-state index contributed by atoms with van der Waals surface area (Å²) in [5.74, 6) is 0.272. The molecule has 2 fully saturated rings. The number of aryl methyl sites for hydroxylation is 2. The van der Waals surface area contributed by atoms with Gasteiger partial charge >= 0.3 is 0 Å². The van der Waals surface area contributed by atoms with E-state index in [1.807, 2.05) is 18.5 Å². The number of piperidine rings is 1. The smallest absolute Gasteiger partial charge is 0.223 e. The van der Waals surface area contributed by atoms with Crippen LogP contribution in [0.25, 0.3) is 0 Å². The molecule has 3 heterocycles. The maximum absolute atomic E-state index is 12.7. The molecule has 1 amide bonds. The average Bonchev–Trinajstić information content (AvgIpc) is 2.90. The van der Waals surface area contributed by atoms with Crippen LogP contribution in [0.3, 0.4) is 0 Å². The maximum Gasteiger partial charge on any atom is 0.223 e. The molecule has 2 saturated heterocycles. The normalized spacial score (nSPS) is 21.0. The van der Waals surface area contributed by atoms with Crippen LogP contribution in [-0.2, 0) is 17.8 Å². The number of nitrogens with zero attached hydrogens (tertiary/aromatic N) is 5. The molecule has 1 aromatic heterocycles. The molecule has 0 N–H and O–H groups in total. The number of carbonyl (C=O) groups is 1. The summed E-state index contributed by atoms with van der Waals surface area (Å²) in [6.07, 6.45) is 5.59. The summed E-state index contributed by atoms with van der Waals surface area (Å²) in [6.45, 7) is 8.66. The summed E-state index contributed by atoms with van der Waals surface area (Å²) in [4.78, 5) is 17.3. The van der Waals surface area contributed by atoms with Crippen LogP contribution >= 0.6 is 0 Å². The van der Waals surface area contributed by atoms with E-state index in [0.29, 0.717) is 25.4 Å². The molecular weight excluding hydrogens is 314 g/mol. The summed E-state index contributed by atoms with van der Waals surface area (Å²) >= 11 is 0. The van der Waals surface area contributed by atoms with Crippen LogP contribution in [0, 0.1) is 25.2 Å². The minimum atomic E-state index is 0.272. The molecule has 0 radical (unpaired) electrons.